The van der Waals surface area contributed by atoms with Crippen molar-refractivity contribution in [2.45, 2.75) is 31.7 Å². The molecule has 0 aromatic carbocycles. The molecule has 0 unspecified atom stereocenters. The number of nitrogens with zero attached hydrogens (tertiary/aromatic N) is 2. The Bertz CT molecular complexity index is 703. The van der Waals surface area contributed by atoms with Crippen LogP contribution in [0.5, 0.6) is 0 Å². The summed E-state index contributed by atoms with van der Waals surface area (Å²) in [6.07, 6.45) is 7.36. The quantitative estimate of drug-likeness (QED) is 0.857. The first kappa shape index (κ1) is 14.6. The molecule has 0 aliphatic carbocycles. The zero-order valence-corrected chi connectivity index (χ0v) is 12.7. The van der Waals surface area contributed by atoms with Crippen LogP contribution >= 0.6 is 0 Å². The number of likely N-dealkylation sites (tertiary alicyclic amines) is 1. The lowest BCUT2D eigenvalue weighted by atomic mass is 10.1. The number of carbonyl (C=O) groups excluding carboxylic acids is 1. The van der Waals surface area contributed by atoms with Crippen molar-refractivity contribution < 1.29 is 9.21 Å². The second-order valence-corrected chi connectivity index (χ2v) is 5.75. The van der Waals surface area contributed by atoms with E-state index in [1.54, 1.807) is 25.6 Å². The van der Waals surface area contributed by atoms with Crippen LogP contribution in [0.4, 0.5) is 0 Å². The second kappa shape index (κ2) is 6.22. The predicted octanol–water partition coefficient (Wildman–Crippen LogP) is 2.74. The fourth-order valence-corrected chi connectivity index (χ4v) is 3.01. The van der Waals surface area contributed by atoms with E-state index in [9.17, 15) is 9.59 Å². The number of amides is 1. The molecule has 5 nitrogen and oxygen atoms in total. The van der Waals surface area contributed by atoms with Gasteiger partial charge in [0, 0.05) is 25.9 Å². The van der Waals surface area contributed by atoms with Crippen LogP contribution in [0.15, 0.2) is 45.9 Å². The Balaban J connectivity index is 1.93. The third-order valence-electron chi connectivity index (χ3n) is 4.22. The van der Waals surface area contributed by atoms with Crippen LogP contribution in [0.1, 0.15) is 47.8 Å². The molecule has 1 fully saturated rings. The van der Waals surface area contributed by atoms with E-state index in [4.69, 9.17) is 4.42 Å². The Morgan fingerprint density at radius 2 is 2.09 bits per heavy atom. The molecule has 0 saturated carbocycles. The van der Waals surface area contributed by atoms with Gasteiger partial charge >= 0.3 is 0 Å². The first-order valence-electron chi connectivity index (χ1n) is 7.68. The van der Waals surface area contributed by atoms with Crippen LogP contribution in [0.25, 0.3) is 0 Å². The summed E-state index contributed by atoms with van der Waals surface area (Å²) in [5.74, 6) is 0.791. The molecule has 5 heteroatoms. The molecule has 1 aliphatic heterocycles. The standard InChI is InChI=1S/C17H20N2O3/c1-18-12-13(8-9-16(18)20)17(21)19-10-4-2-3-6-14(19)15-7-5-11-22-15/h5,7-9,11-12,14H,2-4,6,10H2,1H3/t14-/m1/s1. The highest BCUT2D eigenvalue weighted by molar-refractivity contribution is 5.94. The average Bonchev–Trinajstić information content (AvgIpc) is 2.94. The molecular weight excluding hydrogens is 280 g/mol. The number of pyridine rings is 1. The van der Waals surface area contributed by atoms with Crippen LogP contribution in [-0.4, -0.2) is 21.9 Å². The van der Waals surface area contributed by atoms with Crippen molar-refractivity contribution in [1.82, 2.24) is 9.47 Å². The van der Waals surface area contributed by atoms with Gasteiger partial charge in [0.15, 0.2) is 0 Å². The van der Waals surface area contributed by atoms with Crippen LogP contribution in [0.2, 0.25) is 0 Å². The summed E-state index contributed by atoms with van der Waals surface area (Å²) >= 11 is 0. The molecule has 3 heterocycles. The number of hydrogen-bond donors (Lipinski definition) is 0. The van der Waals surface area contributed by atoms with Gasteiger partial charge in [0.2, 0.25) is 5.56 Å². The summed E-state index contributed by atoms with van der Waals surface area (Å²) in [5, 5.41) is 0. The summed E-state index contributed by atoms with van der Waals surface area (Å²) in [7, 11) is 1.66. The summed E-state index contributed by atoms with van der Waals surface area (Å²) in [5.41, 5.74) is 0.426. The number of aryl methyl sites for hydroxylation is 1. The van der Waals surface area contributed by atoms with Crippen molar-refractivity contribution in [3.8, 4) is 0 Å². The Morgan fingerprint density at radius 1 is 1.23 bits per heavy atom. The molecule has 0 bridgehead atoms. The van der Waals surface area contributed by atoms with Gasteiger partial charge in [-0.15, -0.1) is 0 Å². The van der Waals surface area contributed by atoms with Crippen molar-refractivity contribution >= 4 is 5.91 Å². The first-order chi connectivity index (χ1) is 10.7. The Kier molecular flexibility index (Phi) is 4.13. The van der Waals surface area contributed by atoms with Gasteiger partial charge in [0.05, 0.1) is 17.9 Å². The summed E-state index contributed by atoms with van der Waals surface area (Å²) < 4.78 is 6.98. The van der Waals surface area contributed by atoms with Crippen LogP contribution in [0.3, 0.4) is 0 Å². The van der Waals surface area contributed by atoms with E-state index in [2.05, 4.69) is 0 Å². The van der Waals surface area contributed by atoms with Gasteiger partial charge in [-0.05, 0) is 31.0 Å². The summed E-state index contributed by atoms with van der Waals surface area (Å²) in [4.78, 5) is 26.3. The fraction of sp³-hybridized carbons (Fsp3) is 0.412. The highest BCUT2D eigenvalue weighted by Crippen LogP contribution is 2.31. The number of aromatic nitrogens is 1. The maximum atomic E-state index is 12.9. The lowest BCUT2D eigenvalue weighted by Crippen LogP contribution is -2.35. The predicted molar refractivity (Wildman–Crippen MR) is 82.6 cm³/mol. The van der Waals surface area contributed by atoms with Gasteiger partial charge in [-0.2, -0.15) is 0 Å². The molecule has 0 N–H and O–H groups in total. The summed E-state index contributed by atoms with van der Waals surface area (Å²) in [6, 6.07) is 6.80. The molecule has 22 heavy (non-hydrogen) atoms. The van der Waals surface area contributed by atoms with E-state index in [-0.39, 0.29) is 17.5 Å². The summed E-state index contributed by atoms with van der Waals surface area (Å²) in [6.45, 7) is 0.715. The zero-order valence-electron chi connectivity index (χ0n) is 12.7. The maximum Gasteiger partial charge on any atom is 0.255 e. The van der Waals surface area contributed by atoms with E-state index in [0.717, 1.165) is 31.4 Å². The van der Waals surface area contributed by atoms with Crippen LogP contribution in [-0.2, 0) is 7.05 Å². The number of hydrogen-bond acceptors (Lipinski definition) is 3. The van der Waals surface area contributed by atoms with Gasteiger partial charge in [-0.3, -0.25) is 9.59 Å². The minimum atomic E-state index is -0.116. The minimum absolute atomic E-state index is 0.0257. The first-order valence-corrected chi connectivity index (χ1v) is 7.68. The Morgan fingerprint density at radius 3 is 2.82 bits per heavy atom. The third-order valence-corrected chi connectivity index (χ3v) is 4.22. The van der Waals surface area contributed by atoms with Crippen LogP contribution < -0.4 is 5.56 Å². The molecule has 116 valence electrons. The van der Waals surface area contributed by atoms with E-state index < -0.39 is 0 Å². The van der Waals surface area contributed by atoms with Gasteiger partial charge in [0.25, 0.3) is 5.91 Å². The average molecular weight is 300 g/mol. The molecule has 2 aromatic heterocycles. The fourth-order valence-electron chi connectivity index (χ4n) is 3.01. The molecule has 1 aliphatic rings. The van der Waals surface area contributed by atoms with Crippen molar-refractivity contribution in [2.24, 2.45) is 7.05 Å². The van der Waals surface area contributed by atoms with E-state index in [1.807, 2.05) is 17.0 Å². The molecule has 2 aromatic rings. The highest BCUT2D eigenvalue weighted by Gasteiger charge is 2.29. The topological polar surface area (TPSA) is 55.5 Å². The van der Waals surface area contributed by atoms with Crippen molar-refractivity contribution in [3.05, 3.63) is 58.4 Å². The normalized spacial score (nSPS) is 19.0. The number of furan rings is 1. The highest BCUT2D eigenvalue weighted by atomic mass is 16.3. The minimum Gasteiger partial charge on any atom is -0.467 e. The number of carbonyl (C=O) groups is 1. The van der Waals surface area contributed by atoms with Gasteiger partial charge in [0.1, 0.15) is 5.76 Å². The van der Waals surface area contributed by atoms with Crippen LogP contribution in [0, 0.1) is 0 Å². The van der Waals surface area contributed by atoms with Gasteiger partial charge in [-0.1, -0.05) is 12.8 Å². The van der Waals surface area contributed by atoms with Gasteiger partial charge < -0.3 is 13.9 Å². The molecular formula is C17H20N2O3. The second-order valence-electron chi connectivity index (χ2n) is 5.75. The molecule has 0 radical (unpaired) electrons. The zero-order chi connectivity index (χ0) is 15.5. The molecule has 3 rings (SSSR count). The number of rotatable bonds is 2. The maximum absolute atomic E-state index is 12.9. The lowest BCUT2D eigenvalue weighted by molar-refractivity contribution is 0.0657. The van der Waals surface area contributed by atoms with Crippen molar-refractivity contribution in [3.63, 3.8) is 0 Å². The molecule has 1 saturated heterocycles. The van der Waals surface area contributed by atoms with E-state index in [1.165, 1.54) is 10.6 Å². The Labute approximate surface area is 129 Å². The van der Waals surface area contributed by atoms with E-state index >= 15 is 0 Å². The van der Waals surface area contributed by atoms with Gasteiger partial charge in [-0.25, -0.2) is 0 Å². The largest absolute Gasteiger partial charge is 0.467 e. The molecule has 1 atom stereocenters. The van der Waals surface area contributed by atoms with Crippen molar-refractivity contribution in [2.75, 3.05) is 6.54 Å². The third kappa shape index (κ3) is 2.84. The molecule has 0 spiro atoms. The van der Waals surface area contributed by atoms with Crippen molar-refractivity contribution in [1.29, 1.82) is 0 Å². The molecule has 1 amide bonds. The SMILES string of the molecule is Cn1cc(C(=O)N2CCCCC[C@@H]2c2ccco2)ccc1=O. The van der Waals surface area contributed by atoms with E-state index in [0.29, 0.717) is 12.1 Å². The monoisotopic (exact) mass is 300 g/mol. The lowest BCUT2D eigenvalue weighted by Gasteiger charge is -2.28. The smallest absolute Gasteiger partial charge is 0.255 e. The Hall–Kier alpha value is -2.30.